The first-order chi connectivity index (χ1) is 13.6. The molecule has 0 radical (unpaired) electrons. The smallest absolute Gasteiger partial charge is 0.198 e. The van der Waals surface area contributed by atoms with Crippen molar-refractivity contribution >= 4 is 45.4 Å². The molecule has 5 nitrogen and oxygen atoms in total. The second kappa shape index (κ2) is 8.21. The number of aryl methyl sites for hydroxylation is 1. The summed E-state index contributed by atoms with van der Waals surface area (Å²) in [6, 6.07) is 5.15. The zero-order valence-electron chi connectivity index (χ0n) is 14.3. The molecule has 0 aliphatic rings. The summed E-state index contributed by atoms with van der Waals surface area (Å²) in [6.07, 6.45) is 3.25. The molecule has 0 aliphatic carbocycles. The van der Waals surface area contributed by atoms with Crippen molar-refractivity contribution in [3.05, 3.63) is 64.7 Å². The SMILES string of the molecule is Cc1csc(Nc2cc(Oc3c(F)cccc3F)c(Sc3nccs3)cn2)n1. The minimum Gasteiger partial charge on any atom is -0.450 e. The topological polar surface area (TPSA) is 59.9 Å². The summed E-state index contributed by atoms with van der Waals surface area (Å²) >= 11 is 4.18. The van der Waals surface area contributed by atoms with Gasteiger partial charge in [0.05, 0.1) is 10.6 Å². The van der Waals surface area contributed by atoms with E-state index in [1.54, 1.807) is 18.5 Å². The fourth-order valence-corrected chi connectivity index (χ4v) is 4.51. The van der Waals surface area contributed by atoms with Crippen LogP contribution in [-0.2, 0) is 0 Å². The van der Waals surface area contributed by atoms with Gasteiger partial charge in [0.2, 0.25) is 0 Å². The third-order valence-corrected chi connectivity index (χ3v) is 6.21. The fraction of sp³-hybridized carbons (Fsp3) is 0.0556. The molecule has 0 saturated carbocycles. The van der Waals surface area contributed by atoms with Crippen molar-refractivity contribution in [3.63, 3.8) is 0 Å². The van der Waals surface area contributed by atoms with Crippen LogP contribution in [0, 0.1) is 18.6 Å². The third kappa shape index (κ3) is 4.29. The van der Waals surface area contributed by atoms with Crippen molar-refractivity contribution in [2.45, 2.75) is 16.2 Å². The lowest BCUT2D eigenvalue weighted by molar-refractivity contribution is 0.400. The summed E-state index contributed by atoms with van der Waals surface area (Å²) in [6.45, 7) is 1.89. The van der Waals surface area contributed by atoms with Crippen molar-refractivity contribution in [2.24, 2.45) is 0 Å². The van der Waals surface area contributed by atoms with Crippen molar-refractivity contribution in [1.29, 1.82) is 0 Å². The van der Waals surface area contributed by atoms with E-state index < -0.39 is 17.4 Å². The van der Waals surface area contributed by atoms with Crippen LogP contribution in [0.4, 0.5) is 19.7 Å². The predicted octanol–water partition coefficient (Wildman–Crippen LogP) is 6.27. The molecule has 0 unspecified atom stereocenters. The summed E-state index contributed by atoms with van der Waals surface area (Å²) in [5, 5.41) is 7.48. The van der Waals surface area contributed by atoms with Crippen LogP contribution < -0.4 is 10.1 Å². The highest BCUT2D eigenvalue weighted by Crippen LogP contribution is 2.40. The molecule has 0 bridgehead atoms. The summed E-state index contributed by atoms with van der Waals surface area (Å²) in [4.78, 5) is 13.5. The lowest BCUT2D eigenvalue weighted by Gasteiger charge is -2.13. The Kier molecular flexibility index (Phi) is 5.51. The van der Waals surface area contributed by atoms with Gasteiger partial charge in [0.25, 0.3) is 0 Å². The monoisotopic (exact) mass is 434 g/mol. The van der Waals surface area contributed by atoms with E-state index >= 15 is 0 Å². The number of hydrogen-bond donors (Lipinski definition) is 1. The van der Waals surface area contributed by atoms with Gasteiger partial charge in [-0.1, -0.05) is 17.8 Å². The van der Waals surface area contributed by atoms with E-state index in [-0.39, 0.29) is 5.75 Å². The highest BCUT2D eigenvalue weighted by atomic mass is 32.2. The van der Waals surface area contributed by atoms with Gasteiger partial charge in [0.1, 0.15) is 11.6 Å². The van der Waals surface area contributed by atoms with Crippen LogP contribution >= 0.6 is 34.4 Å². The van der Waals surface area contributed by atoms with Gasteiger partial charge in [0, 0.05) is 29.2 Å². The first-order valence-electron chi connectivity index (χ1n) is 7.97. The van der Waals surface area contributed by atoms with E-state index in [1.165, 1.54) is 40.5 Å². The normalized spacial score (nSPS) is 10.8. The first-order valence-corrected chi connectivity index (χ1v) is 10.5. The molecule has 1 N–H and O–H groups in total. The number of anilines is 2. The third-order valence-electron chi connectivity index (χ3n) is 3.42. The summed E-state index contributed by atoms with van der Waals surface area (Å²) in [5.41, 5.74) is 0.883. The molecule has 0 saturated heterocycles. The Morgan fingerprint density at radius 1 is 1.14 bits per heavy atom. The minimum absolute atomic E-state index is 0.259. The molecular formula is C18H12F2N4OS3. The van der Waals surface area contributed by atoms with Gasteiger partial charge in [-0.05, 0) is 19.1 Å². The van der Waals surface area contributed by atoms with Crippen molar-refractivity contribution in [1.82, 2.24) is 15.0 Å². The Morgan fingerprint density at radius 2 is 1.96 bits per heavy atom. The molecule has 10 heteroatoms. The van der Waals surface area contributed by atoms with Gasteiger partial charge >= 0.3 is 0 Å². The summed E-state index contributed by atoms with van der Waals surface area (Å²) < 4.78 is 34.5. The maximum atomic E-state index is 14.1. The molecule has 4 rings (SSSR count). The van der Waals surface area contributed by atoms with Crippen LogP contribution in [0.2, 0.25) is 0 Å². The van der Waals surface area contributed by atoms with Gasteiger partial charge in [-0.2, -0.15) is 0 Å². The van der Waals surface area contributed by atoms with Crippen molar-refractivity contribution in [2.75, 3.05) is 5.32 Å². The maximum absolute atomic E-state index is 14.1. The number of thiazole rings is 2. The molecular weight excluding hydrogens is 422 g/mol. The van der Waals surface area contributed by atoms with Crippen molar-refractivity contribution in [3.8, 4) is 11.5 Å². The van der Waals surface area contributed by atoms with Gasteiger partial charge in [-0.25, -0.2) is 23.7 Å². The first kappa shape index (κ1) is 18.8. The largest absolute Gasteiger partial charge is 0.450 e. The number of nitrogens with one attached hydrogen (secondary N) is 1. The number of halogens is 2. The Bertz CT molecular complexity index is 1080. The molecule has 0 amide bonds. The number of rotatable bonds is 6. The van der Waals surface area contributed by atoms with Crippen LogP contribution in [0.5, 0.6) is 11.5 Å². The number of ether oxygens (including phenoxy) is 1. The Balaban J connectivity index is 1.69. The number of benzene rings is 1. The Hall–Kier alpha value is -2.56. The summed E-state index contributed by atoms with van der Waals surface area (Å²) in [5.74, 6) is -1.33. The van der Waals surface area contributed by atoms with E-state index in [2.05, 4.69) is 20.3 Å². The molecule has 0 atom stereocenters. The number of para-hydroxylation sites is 1. The van der Waals surface area contributed by atoms with Crippen LogP contribution in [0.15, 0.2) is 56.7 Å². The molecule has 142 valence electrons. The second-order valence-electron chi connectivity index (χ2n) is 5.49. The average molecular weight is 435 g/mol. The molecule has 0 spiro atoms. The van der Waals surface area contributed by atoms with E-state index in [9.17, 15) is 8.78 Å². The molecule has 3 aromatic heterocycles. The van der Waals surface area contributed by atoms with Gasteiger partial charge in [-0.15, -0.1) is 22.7 Å². The average Bonchev–Trinajstić information content (AvgIpc) is 3.32. The van der Waals surface area contributed by atoms with Gasteiger partial charge in [0.15, 0.2) is 26.9 Å². The van der Waals surface area contributed by atoms with Crippen LogP contribution in [0.1, 0.15) is 5.69 Å². The Morgan fingerprint density at radius 3 is 2.64 bits per heavy atom. The molecule has 0 aliphatic heterocycles. The molecule has 1 aromatic carbocycles. The number of aromatic nitrogens is 3. The standard InChI is InChI=1S/C18H12F2N4OS3/c1-10-9-27-17(23-10)24-15-7-13(25-16-11(19)3-2-4-12(16)20)14(8-22-15)28-18-21-5-6-26-18/h2-9H,1H3,(H,22,23,24). The minimum atomic E-state index is -0.785. The quantitative estimate of drug-likeness (QED) is 0.386. The van der Waals surface area contributed by atoms with Crippen LogP contribution in [0.3, 0.4) is 0 Å². The second-order valence-corrected chi connectivity index (χ2v) is 8.53. The summed E-state index contributed by atoms with van der Waals surface area (Å²) in [7, 11) is 0. The maximum Gasteiger partial charge on any atom is 0.198 e. The molecule has 0 fully saturated rings. The Labute approximate surface area is 171 Å². The van der Waals surface area contributed by atoms with E-state index in [1.807, 2.05) is 17.7 Å². The number of nitrogens with zero attached hydrogens (tertiary/aromatic N) is 3. The molecule has 3 heterocycles. The predicted molar refractivity (Wildman–Crippen MR) is 107 cm³/mol. The number of pyridine rings is 1. The fourth-order valence-electron chi connectivity index (χ4n) is 2.21. The van der Waals surface area contributed by atoms with Gasteiger partial charge in [-0.3, -0.25) is 0 Å². The van der Waals surface area contributed by atoms with Crippen molar-refractivity contribution < 1.29 is 13.5 Å². The van der Waals surface area contributed by atoms with E-state index in [4.69, 9.17) is 4.74 Å². The molecule has 28 heavy (non-hydrogen) atoms. The van der Waals surface area contributed by atoms with Crippen LogP contribution in [-0.4, -0.2) is 15.0 Å². The lowest BCUT2D eigenvalue weighted by Crippen LogP contribution is -1.98. The van der Waals surface area contributed by atoms with Crippen LogP contribution in [0.25, 0.3) is 0 Å². The highest BCUT2D eigenvalue weighted by Gasteiger charge is 2.16. The molecule has 4 aromatic rings. The van der Waals surface area contributed by atoms with E-state index in [0.717, 1.165) is 22.2 Å². The van der Waals surface area contributed by atoms with Gasteiger partial charge < -0.3 is 10.1 Å². The number of hydrogen-bond acceptors (Lipinski definition) is 8. The highest BCUT2D eigenvalue weighted by molar-refractivity contribution is 8.01. The zero-order chi connectivity index (χ0) is 19.5. The zero-order valence-corrected chi connectivity index (χ0v) is 16.8. The van der Waals surface area contributed by atoms with E-state index in [0.29, 0.717) is 15.8 Å². The lowest BCUT2D eigenvalue weighted by atomic mass is 10.3.